The first kappa shape index (κ1) is 14.6. The molecule has 3 heteroatoms. The van der Waals surface area contributed by atoms with Gasteiger partial charge in [0.1, 0.15) is 5.82 Å². The van der Waals surface area contributed by atoms with Crippen molar-refractivity contribution in [2.75, 3.05) is 6.54 Å². The number of rotatable bonds is 7. The van der Waals surface area contributed by atoms with E-state index in [-0.39, 0.29) is 0 Å². The summed E-state index contributed by atoms with van der Waals surface area (Å²) in [5.41, 5.74) is 0. The van der Waals surface area contributed by atoms with E-state index in [9.17, 15) is 0 Å². The summed E-state index contributed by atoms with van der Waals surface area (Å²) in [7, 11) is 0. The highest BCUT2D eigenvalue weighted by Crippen LogP contribution is 2.27. The molecule has 0 bridgehead atoms. The molecule has 1 unspecified atom stereocenters. The fourth-order valence-corrected chi connectivity index (χ4v) is 3.28. The van der Waals surface area contributed by atoms with Crippen LogP contribution < -0.4 is 5.32 Å². The average Bonchev–Trinajstić information content (AvgIpc) is 2.91. The Kier molecular flexibility index (Phi) is 5.90. The van der Waals surface area contributed by atoms with E-state index in [1.807, 2.05) is 6.20 Å². The number of imidazole rings is 1. The summed E-state index contributed by atoms with van der Waals surface area (Å²) in [6, 6.07) is 0.625. The van der Waals surface area contributed by atoms with Crippen molar-refractivity contribution >= 4 is 0 Å². The largest absolute Gasteiger partial charge is 0.333 e. The molecule has 108 valence electrons. The summed E-state index contributed by atoms with van der Waals surface area (Å²) < 4.78 is 2.35. The van der Waals surface area contributed by atoms with Crippen LogP contribution in [0.15, 0.2) is 12.4 Å². The second-order valence-corrected chi connectivity index (χ2v) is 5.81. The molecular weight excluding hydrogens is 234 g/mol. The number of aromatic nitrogens is 2. The summed E-state index contributed by atoms with van der Waals surface area (Å²) in [5, 5.41) is 3.78. The maximum absolute atomic E-state index is 4.45. The van der Waals surface area contributed by atoms with Gasteiger partial charge in [-0.2, -0.15) is 0 Å². The van der Waals surface area contributed by atoms with Crippen LogP contribution in [0.25, 0.3) is 0 Å². The molecule has 0 spiro atoms. The molecule has 3 nitrogen and oxygen atoms in total. The summed E-state index contributed by atoms with van der Waals surface area (Å²) in [4.78, 5) is 4.45. The van der Waals surface area contributed by atoms with Gasteiger partial charge in [0.25, 0.3) is 0 Å². The lowest BCUT2D eigenvalue weighted by atomic mass is 9.83. The lowest BCUT2D eigenvalue weighted by Crippen LogP contribution is -2.41. The standard InChI is InChI=1S/C16H29N3/c1-3-10-17-15(14-8-6-5-7-9-14)13-19-12-11-18-16(19)4-2/h11-12,14-15,17H,3-10,13H2,1-2H3. The Hall–Kier alpha value is -0.830. The second-order valence-electron chi connectivity index (χ2n) is 5.81. The van der Waals surface area contributed by atoms with Crippen molar-refractivity contribution in [3.8, 4) is 0 Å². The van der Waals surface area contributed by atoms with Gasteiger partial charge in [0.15, 0.2) is 0 Å². The molecule has 0 amide bonds. The Morgan fingerprint density at radius 3 is 2.79 bits per heavy atom. The monoisotopic (exact) mass is 263 g/mol. The zero-order chi connectivity index (χ0) is 13.5. The molecule has 1 aromatic rings. The molecule has 1 heterocycles. The minimum Gasteiger partial charge on any atom is -0.333 e. The average molecular weight is 263 g/mol. The van der Waals surface area contributed by atoms with Gasteiger partial charge in [-0.3, -0.25) is 0 Å². The quantitative estimate of drug-likeness (QED) is 0.817. The minimum atomic E-state index is 0.625. The van der Waals surface area contributed by atoms with E-state index in [1.54, 1.807) is 0 Å². The molecule has 1 fully saturated rings. The predicted octanol–water partition coefficient (Wildman–Crippen LogP) is 3.39. The number of nitrogens with zero attached hydrogens (tertiary/aromatic N) is 2. The molecule has 0 aliphatic heterocycles. The van der Waals surface area contributed by atoms with Crippen LogP contribution in [0.3, 0.4) is 0 Å². The first-order valence-electron chi connectivity index (χ1n) is 8.08. The fourth-order valence-electron chi connectivity index (χ4n) is 3.28. The summed E-state index contributed by atoms with van der Waals surface area (Å²) in [6.07, 6.45) is 13.4. The van der Waals surface area contributed by atoms with Crippen LogP contribution in [0, 0.1) is 5.92 Å². The van der Waals surface area contributed by atoms with Crippen LogP contribution in [-0.4, -0.2) is 22.1 Å². The first-order valence-corrected chi connectivity index (χ1v) is 8.08. The fraction of sp³-hybridized carbons (Fsp3) is 0.812. The van der Waals surface area contributed by atoms with Crippen molar-refractivity contribution in [1.82, 2.24) is 14.9 Å². The Bertz CT molecular complexity index is 353. The third-order valence-corrected chi connectivity index (χ3v) is 4.39. The molecule has 0 aromatic carbocycles. The normalized spacial score (nSPS) is 18.6. The molecule has 19 heavy (non-hydrogen) atoms. The highest BCUT2D eigenvalue weighted by atomic mass is 15.1. The predicted molar refractivity (Wildman–Crippen MR) is 80.3 cm³/mol. The molecule has 1 saturated carbocycles. The van der Waals surface area contributed by atoms with Gasteiger partial charge in [-0.05, 0) is 31.7 Å². The molecule has 2 rings (SSSR count). The van der Waals surface area contributed by atoms with E-state index in [4.69, 9.17) is 0 Å². The van der Waals surface area contributed by atoms with Gasteiger partial charge >= 0.3 is 0 Å². The van der Waals surface area contributed by atoms with E-state index in [2.05, 4.69) is 34.9 Å². The Labute approximate surface area is 117 Å². The Balaban J connectivity index is 1.99. The number of aryl methyl sites for hydroxylation is 1. The van der Waals surface area contributed by atoms with Crippen LogP contribution in [0.2, 0.25) is 0 Å². The van der Waals surface area contributed by atoms with Crippen molar-refractivity contribution in [2.45, 2.75) is 71.4 Å². The van der Waals surface area contributed by atoms with E-state index < -0.39 is 0 Å². The smallest absolute Gasteiger partial charge is 0.108 e. The maximum atomic E-state index is 4.45. The molecule has 1 aliphatic rings. The molecule has 1 aromatic heterocycles. The maximum Gasteiger partial charge on any atom is 0.108 e. The highest BCUT2D eigenvalue weighted by molar-refractivity contribution is 4.94. The second kappa shape index (κ2) is 7.68. The summed E-state index contributed by atoms with van der Waals surface area (Å²) in [5.74, 6) is 2.08. The van der Waals surface area contributed by atoms with Gasteiger partial charge in [0.05, 0.1) is 0 Å². The third-order valence-electron chi connectivity index (χ3n) is 4.39. The Morgan fingerprint density at radius 1 is 1.32 bits per heavy atom. The van der Waals surface area contributed by atoms with E-state index in [1.165, 1.54) is 44.3 Å². The van der Waals surface area contributed by atoms with Crippen molar-refractivity contribution in [3.63, 3.8) is 0 Å². The topological polar surface area (TPSA) is 29.9 Å². The van der Waals surface area contributed by atoms with E-state index in [0.29, 0.717) is 6.04 Å². The highest BCUT2D eigenvalue weighted by Gasteiger charge is 2.23. The third kappa shape index (κ3) is 4.07. The molecule has 1 atom stereocenters. The lowest BCUT2D eigenvalue weighted by molar-refractivity contribution is 0.247. The summed E-state index contributed by atoms with van der Waals surface area (Å²) >= 11 is 0. The molecule has 0 radical (unpaired) electrons. The number of hydrogen-bond donors (Lipinski definition) is 1. The lowest BCUT2D eigenvalue weighted by Gasteiger charge is -2.31. The van der Waals surface area contributed by atoms with Crippen molar-refractivity contribution < 1.29 is 0 Å². The van der Waals surface area contributed by atoms with E-state index >= 15 is 0 Å². The SMILES string of the molecule is CCCNC(Cn1ccnc1CC)C1CCCCC1. The van der Waals surface area contributed by atoms with E-state index in [0.717, 1.165) is 25.4 Å². The van der Waals surface area contributed by atoms with Crippen molar-refractivity contribution in [3.05, 3.63) is 18.2 Å². The van der Waals surface area contributed by atoms with Crippen LogP contribution in [0.5, 0.6) is 0 Å². The van der Waals surface area contributed by atoms with Crippen LogP contribution in [0.1, 0.15) is 58.2 Å². The molecule has 1 N–H and O–H groups in total. The van der Waals surface area contributed by atoms with Gasteiger partial charge in [-0.25, -0.2) is 4.98 Å². The number of nitrogens with one attached hydrogen (secondary N) is 1. The molecule has 1 aliphatic carbocycles. The van der Waals surface area contributed by atoms with Crippen LogP contribution >= 0.6 is 0 Å². The van der Waals surface area contributed by atoms with Gasteiger partial charge in [0.2, 0.25) is 0 Å². The van der Waals surface area contributed by atoms with Crippen LogP contribution in [0.4, 0.5) is 0 Å². The van der Waals surface area contributed by atoms with Crippen molar-refractivity contribution in [2.24, 2.45) is 5.92 Å². The van der Waals surface area contributed by atoms with Gasteiger partial charge in [-0.1, -0.05) is 33.1 Å². The van der Waals surface area contributed by atoms with Gasteiger partial charge in [0, 0.05) is 31.4 Å². The minimum absolute atomic E-state index is 0.625. The Morgan fingerprint density at radius 2 is 2.11 bits per heavy atom. The number of hydrogen-bond acceptors (Lipinski definition) is 2. The molecule has 0 saturated heterocycles. The van der Waals surface area contributed by atoms with Crippen LogP contribution in [-0.2, 0) is 13.0 Å². The zero-order valence-electron chi connectivity index (χ0n) is 12.6. The first-order chi connectivity index (χ1) is 9.35. The van der Waals surface area contributed by atoms with Gasteiger partial charge < -0.3 is 9.88 Å². The van der Waals surface area contributed by atoms with Gasteiger partial charge in [-0.15, -0.1) is 0 Å². The molecular formula is C16H29N3. The summed E-state index contributed by atoms with van der Waals surface area (Å²) in [6.45, 7) is 6.67. The zero-order valence-corrected chi connectivity index (χ0v) is 12.6. The van der Waals surface area contributed by atoms with Crippen molar-refractivity contribution in [1.29, 1.82) is 0 Å².